The van der Waals surface area contributed by atoms with Crippen LogP contribution in [-0.4, -0.2) is 23.6 Å². The molecule has 0 unspecified atom stereocenters. The van der Waals surface area contributed by atoms with Crippen molar-refractivity contribution in [1.82, 2.24) is 0 Å². The zero-order valence-electron chi connectivity index (χ0n) is 8.58. The third-order valence-corrected chi connectivity index (χ3v) is 4.02. The van der Waals surface area contributed by atoms with E-state index in [-0.39, 0.29) is 11.0 Å². The van der Waals surface area contributed by atoms with Crippen LogP contribution in [0.3, 0.4) is 0 Å². The van der Waals surface area contributed by atoms with E-state index < -0.39 is 0 Å². The maximum absolute atomic E-state index is 5.99. The Morgan fingerprint density at radius 2 is 1.62 bits per heavy atom. The van der Waals surface area contributed by atoms with E-state index >= 15 is 0 Å². The fourth-order valence-corrected chi connectivity index (χ4v) is 1.36. The molecule has 0 aliphatic carbocycles. The van der Waals surface area contributed by atoms with Crippen LogP contribution in [0, 0.1) is 5.41 Å². The largest absolute Gasteiger partial charge is 0.330 e. The van der Waals surface area contributed by atoms with E-state index in [0.29, 0.717) is 12.3 Å². The summed E-state index contributed by atoms with van der Waals surface area (Å²) < 4.78 is 0. The molecular formula is C9H22N2S2. The lowest BCUT2D eigenvalue weighted by Gasteiger charge is -2.30. The van der Waals surface area contributed by atoms with Gasteiger partial charge in [0.25, 0.3) is 0 Å². The standard InChI is InChI=1S/C9H22N2S2/c1-8(5-10,6-12)3-4-9(2,11)7-13/h12-13H,3-7,10-11H2,1-2H3/t8-,9-/m0/s1. The zero-order chi connectivity index (χ0) is 10.5. The van der Waals surface area contributed by atoms with Crippen molar-refractivity contribution >= 4 is 25.3 Å². The van der Waals surface area contributed by atoms with Gasteiger partial charge in [0, 0.05) is 11.3 Å². The molecule has 0 saturated carbocycles. The Morgan fingerprint density at radius 3 is 1.92 bits per heavy atom. The predicted molar refractivity (Wildman–Crippen MR) is 66.7 cm³/mol. The zero-order valence-corrected chi connectivity index (χ0v) is 10.4. The Labute approximate surface area is 92.6 Å². The highest BCUT2D eigenvalue weighted by Gasteiger charge is 2.25. The molecule has 0 aromatic rings. The van der Waals surface area contributed by atoms with Gasteiger partial charge in [-0.2, -0.15) is 25.3 Å². The van der Waals surface area contributed by atoms with Crippen molar-refractivity contribution in [3.8, 4) is 0 Å². The molecule has 4 heteroatoms. The summed E-state index contributed by atoms with van der Waals surface area (Å²) in [5.41, 5.74) is 11.6. The molecule has 0 aromatic heterocycles. The van der Waals surface area contributed by atoms with Gasteiger partial charge in [-0.25, -0.2) is 0 Å². The van der Waals surface area contributed by atoms with Gasteiger partial charge in [0.2, 0.25) is 0 Å². The Hall–Kier alpha value is 0.620. The summed E-state index contributed by atoms with van der Waals surface area (Å²) in [7, 11) is 0. The van der Waals surface area contributed by atoms with Gasteiger partial charge < -0.3 is 11.5 Å². The molecular weight excluding hydrogens is 200 g/mol. The van der Waals surface area contributed by atoms with Gasteiger partial charge in [-0.3, -0.25) is 0 Å². The van der Waals surface area contributed by atoms with Crippen molar-refractivity contribution in [3.63, 3.8) is 0 Å². The molecule has 0 fully saturated rings. The van der Waals surface area contributed by atoms with Gasteiger partial charge in [0.15, 0.2) is 0 Å². The fraction of sp³-hybridized carbons (Fsp3) is 1.00. The second kappa shape index (κ2) is 5.49. The fourth-order valence-electron chi connectivity index (χ4n) is 0.912. The van der Waals surface area contributed by atoms with Gasteiger partial charge in [-0.1, -0.05) is 6.92 Å². The molecule has 4 N–H and O–H groups in total. The highest BCUT2D eigenvalue weighted by Crippen LogP contribution is 2.26. The quantitative estimate of drug-likeness (QED) is 0.512. The first kappa shape index (κ1) is 13.6. The molecule has 0 bridgehead atoms. The number of hydrogen-bond donors (Lipinski definition) is 4. The predicted octanol–water partition coefficient (Wildman–Crippen LogP) is 1.31. The lowest BCUT2D eigenvalue weighted by molar-refractivity contribution is 0.306. The monoisotopic (exact) mass is 222 g/mol. The van der Waals surface area contributed by atoms with Crippen LogP contribution in [0.15, 0.2) is 0 Å². The Balaban J connectivity index is 3.99. The molecule has 0 aromatic carbocycles. The van der Waals surface area contributed by atoms with Crippen molar-refractivity contribution in [2.45, 2.75) is 32.2 Å². The summed E-state index contributed by atoms with van der Waals surface area (Å²) in [5.74, 6) is 1.52. The summed E-state index contributed by atoms with van der Waals surface area (Å²) >= 11 is 8.51. The minimum Gasteiger partial charge on any atom is -0.330 e. The first-order valence-corrected chi connectivity index (χ1v) is 5.86. The summed E-state index contributed by atoms with van der Waals surface area (Å²) in [4.78, 5) is 0. The number of thiol groups is 2. The van der Waals surface area contributed by atoms with E-state index in [4.69, 9.17) is 11.5 Å². The number of nitrogens with two attached hydrogens (primary N) is 2. The van der Waals surface area contributed by atoms with Gasteiger partial charge in [0.05, 0.1) is 0 Å². The van der Waals surface area contributed by atoms with Gasteiger partial charge in [-0.15, -0.1) is 0 Å². The van der Waals surface area contributed by atoms with Crippen molar-refractivity contribution < 1.29 is 0 Å². The third kappa shape index (κ3) is 5.15. The molecule has 2 nitrogen and oxygen atoms in total. The van der Waals surface area contributed by atoms with Crippen LogP contribution in [0.25, 0.3) is 0 Å². The molecule has 0 radical (unpaired) electrons. The lowest BCUT2D eigenvalue weighted by atomic mass is 9.83. The van der Waals surface area contributed by atoms with Crippen LogP contribution in [0.1, 0.15) is 26.7 Å². The Bertz CT molecular complexity index is 145. The van der Waals surface area contributed by atoms with Gasteiger partial charge >= 0.3 is 0 Å². The normalized spacial score (nSPS) is 20.8. The highest BCUT2D eigenvalue weighted by molar-refractivity contribution is 7.80. The Morgan fingerprint density at radius 1 is 1.08 bits per heavy atom. The summed E-state index contributed by atoms with van der Waals surface area (Å²) in [6.45, 7) is 4.84. The smallest absolute Gasteiger partial charge is 0.0215 e. The van der Waals surface area contributed by atoms with Crippen LogP contribution >= 0.6 is 25.3 Å². The van der Waals surface area contributed by atoms with Crippen LogP contribution < -0.4 is 11.5 Å². The Kier molecular flexibility index (Phi) is 5.75. The first-order valence-electron chi connectivity index (χ1n) is 4.60. The van der Waals surface area contributed by atoms with E-state index in [0.717, 1.165) is 18.6 Å². The lowest BCUT2D eigenvalue weighted by Crippen LogP contribution is -2.41. The average molecular weight is 222 g/mol. The van der Waals surface area contributed by atoms with E-state index in [2.05, 4.69) is 32.2 Å². The number of rotatable bonds is 6. The third-order valence-electron chi connectivity index (χ3n) is 2.54. The number of hydrogen-bond acceptors (Lipinski definition) is 4. The minimum atomic E-state index is -0.178. The molecule has 0 rings (SSSR count). The SMILES string of the molecule is C[C@@](N)(CS)CC[C@@](C)(CN)CS. The van der Waals surface area contributed by atoms with E-state index in [1.54, 1.807) is 0 Å². The summed E-state index contributed by atoms with van der Waals surface area (Å²) in [5, 5.41) is 0. The maximum atomic E-state index is 5.99. The van der Waals surface area contributed by atoms with Gasteiger partial charge in [0.1, 0.15) is 0 Å². The molecule has 0 spiro atoms. The van der Waals surface area contributed by atoms with Crippen LogP contribution in [0.5, 0.6) is 0 Å². The molecule has 0 heterocycles. The topological polar surface area (TPSA) is 52.0 Å². The average Bonchev–Trinajstić information content (AvgIpc) is 2.14. The van der Waals surface area contributed by atoms with Crippen LogP contribution in [0.4, 0.5) is 0 Å². The van der Waals surface area contributed by atoms with E-state index in [1.807, 2.05) is 6.92 Å². The summed E-state index contributed by atoms with van der Waals surface area (Å²) in [6, 6.07) is 0. The molecule has 2 atom stereocenters. The molecule has 0 saturated heterocycles. The van der Waals surface area contributed by atoms with Crippen LogP contribution in [-0.2, 0) is 0 Å². The van der Waals surface area contributed by atoms with Crippen molar-refractivity contribution in [2.24, 2.45) is 16.9 Å². The van der Waals surface area contributed by atoms with Gasteiger partial charge in [-0.05, 0) is 37.5 Å². The second-order valence-corrected chi connectivity index (χ2v) is 5.12. The summed E-state index contributed by atoms with van der Waals surface area (Å²) in [6.07, 6.45) is 1.96. The van der Waals surface area contributed by atoms with E-state index in [9.17, 15) is 0 Å². The van der Waals surface area contributed by atoms with Crippen molar-refractivity contribution in [1.29, 1.82) is 0 Å². The van der Waals surface area contributed by atoms with Crippen molar-refractivity contribution in [3.05, 3.63) is 0 Å². The van der Waals surface area contributed by atoms with E-state index in [1.165, 1.54) is 0 Å². The molecule has 0 aliphatic rings. The second-order valence-electron chi connectivity index (χ2n) is 4.49. The molecule has 0 aliphatic heterocycles. The molecule has 0 amide bonds. The molecule has 80 valence electrons. The van der Waals surface area contributed by atoms with Crippen molar-refractivity contribution in [2.75, 3.05) is 18.1 Å². The highest BCUT2D eigenvalue weighted by atomic mass is 32.1. The molecule has 13 heavy (non-hydrogen) atoms. The first-order chi connectivity index (χ1) is 5.89. The minimum absolute atomic E-state index is 0.118. The maximum Gasteiger partial charge on any atom is 0.0215 e. The van der Waals surface area contributed by atoms with Crippen LogP contribution in [0.2, 0.25) is 0 Å².